The van der Waals surface area contributed by atoms with E-state index in [1.165, 1.54) is 11.1 Å². The molecule has 1 aromatic carbocycles. The first kappa shape index (κ1) is 8.88. The molecular weight excluding hydrogens is 172 g/mol. The monoisotopic (exact) mass is 184 g/mol. The summed E-state index contributed by atoms with van der Waals surface area (Å²) < 4.78 is 0. The molecule has 1 heterocycles. The van der Waals surface area contributed by atoms with Crippen molar-refractivity contribution < 1.29 is 0 Å². The number of nitrogens with zero attached hydrogens (tertiary/aromatic N) is 2. The van der Waals surface area contributed by atoms with Crippen molar-refractivity contribution in [3.05, 3.63) is 48.4 Å². The van der Waals surface area contributed by atoms with Crippen LogP contribution in [0.5, 0.6) is 0 Å². The van der Waals surface area contributed by atoms with Crippen molar-refractivity contribution in [1.82, 2.24) is 9.97 Å². The molecular formula is C12H12N2. The highest BCUT2D eigenvalue weighted by molar-refractivity contribution is 5.62. The van der Waals surface area contributed by atoms with Gasteiger partial charge in [-0.05, 0) is 18.1 Å². The zero-order valence-electron chi connectivity index (χ0n) is 8.14. The van der Waals surface area contributed by atoms with E-state index in [0.29, 0.717) is 0 Å². The van der Waals surface area contributed by atoms with Crippen molar-refractivity contribution in [3.63, 3.8) is 0 Å². The van der Waals surface area contributed by atoms with Gasteiger partial charge in [0.15, 0.2) is 0 Å². The fourth-order valence-corrected chi connectivity index (χ4v) is 1.53. The maximum Gasteiger partial charge on any atom is 0.116 e. The van der Waals surface area contributed by atoms with Crippen molar-refractivity contribution in [2.45, 2.75) is 13.3 Å². The Bertz CT molecular complexity index is 410. The van der Waals surface area contributed by atoms with Gasteiger partial charge in [-0.2, -0.15) is 0 Å². The normalized spacial score (nSPS) is 10.1. The molecule has 2 heteroatoms. The average molecular weight is 184 g/mol. The van der Waals surface area contributed by atoms with Gasteiger partial charge < -0.3 is 0 Å². The standard InChI is InChI=1S/C12H12N2/c1-2-10-5-3-4-6-11(10)12-7-8-13-9-14-12/h3-9H,2H2,1H3. The fraction of sp³-hybridized carbons (Fsp3) is 0.167. The molecule has 0 aliphatic rings. The summed E-state index contributed by atoms with van der Waals surface area (Å²) in [6, 6.07) is 10.3. The quantitative estimate of drug-likeness (QED) is 0.717. The average Bonchev–Trinajstić information content (AvgIpc) is 2.30. The van der Waals surface area contributed by atoms with Crippen LogP contribution in [0, 0.1) is 0 Å². The second-order valence-corrected chi connectivity index (χ2v) is 3.11. The second kappa shape index (κ2) is 4.01. The lowest BCUT2D eigenvalue weighted by Crippen LogP contribution is -1.89. The van der Waals surface area contributed by atoms with Gasteiger partial charge in [0.1, 0.15) is 6.33 Å². The van der Waals surface area contributed by atoms with Crippen molar-refractivity contribution in [1.29, 1.82) is 0 Å². The highest BCUT2D eigenvalue weighted by Crippen LogP contribution is 2.20. The molecule has 0 spiro atoms. The van der Waals surface area contributed by atoms with Crippen molar-refractivity contribution in [2.75, 3.05) is 0 Å². The summed E-state index contributed by atoms with van der Waals surface area (Å²) in [6.45, 7) is 2.15. The minimum absolute atomic E-state index is 0.998. The van der Waals surface area contributed by atoms with Crippen LogP contribution in [0.25, 0.3) is 11.3 Å². The Labute approximate surface area is 83.7 Å². The van der Waals surface area contributed by atoms with Gasteiger partial charge in [0.25, 0.3) is 0 Å². The SMILES string of the molecule is CCc1ccccc1-c1ccncn1. The lowest BCUT2D eigenvalue weighted by Gasteiger charge is -2.05. The van der Waals surface area contributed by atoms with Crippen molar-refractivity contribution >= 4 is 0 Å². The van der Waals surface area contributed by atoms with Crippen LogP contribution >= 0.6 is 0 Å². The van der Waals surface area contributed by atoms with Crippen LogP contribution in [-0.2, 0) is 6.42 Å². The molecule has 14 heavy (non-hydrogen) atoms. The van der Waals surface area contributed by atoms with Crippen LogP contribution in [0.3, 0.4) is 0 Å². The van der Waals surface area contributed by atoms with Gasteiger partial charge in [-0.15, -0.1) is 0 Å². The zero-order valence-corrected chi connectivity index (χ0v) is 8.14. The summed E-state index contributed by atoms with van der Waals surface area (Å²) in [5, 5.41) is 0. The molecule has 0 bridgehead atoms. The van der Waals surface area contributed by atoms with E-state index in [0.717, 1.165) is 12.1 Å². The number of aryl methyl sites for hydroxylation is 1. The molecule has 0 fully saturated rings. The van der Waals surface area contributed by atoms with Gasteiger partial charge in [-0.25, -0.2) is 9.97 Å². The van der Waals surface area contributed by atoms with E-state index < -0.39 is 0 Å². The predicted molar refractivity (Wildman–Crippen MR) is 56.8 cm³/mol. The van der Waals surface area contributed by atoms with Crippen molar-refractivity contribution in [2.24, 2.45) is 0 Å². The molecule has 70 valence electrons. The summed E-state index contributed by atoms with van der Waals surface area (Å²) in [5.74, 6) is 0. The Morgan fingerprint density at radius 2 is 2.00 bits per heavy atom. The van der Waals surface area contributed by atoms with E-state index in [9.17, 15) is 0 Å². The number of hydrogen-bond acceptors (Lipinski definition) is 2. The number of benzene rings is 1. The van der Waals surface area contributed by atoms with Gasteiger partial charge in [0, 0.05) is 11.8 Å². The number of aromatic nitrogens is 2. The van der Waals surface area contributed by atoms with E-state index >= 15 is 0 Å². The third-order valence-corrected chi connectivity index (χ3v) is 2.26. The van der Waals surface area contributed by atoms with Crippen LogP contribution in [0.2, 0.25) is 0 Å². The molecule has 0 atom stereocenters. The predicted octanol–water partition coefficient (Wildman–Crippen LogP) is 2.71. The topological polar surface area (TPSA) is 25.8 Å². The summed E-state index contributed by atoms with van der Waals surface area (Å²) >= 11 is 0. The summed E-state index contributed by atoms with van der Waals surface area (Å²) in [4.78, 5) is 8.16. The highest BCUT2D eigenvalue weighted by Gasteiger charge is 2.02. The molecule has 2 aromatic rings. The van der Waals surface area contributed by atoms with Crippen LogP contribution in [0.15, 0.2) is 42.9 Å². The Morgan fingerprint density at radius 1 is 1.14 bits per heavy atom. The van der Waals surface area contributed by atoms with Gasteiger partial charge in [0.05, 0.1) is 5.69 Å². The first-order valence-electron chi connectivity index (χ1n) is 4.76. The molecule has 0 aliphatic heterocycles. The van der Waals surface area contributed by atoms with Gasteiger partial charge >= 0.3 is 0 Å². The zero-order chi connectivity index (χ0) is 9.80. The molecule has 0 radical (unpaired) electrons. The Kier molecular flexibility index (Phi) is 2.54. The molecule has 0 N–H and O–H groups in total. The Balaban J connectivity index is 2.51. The minimum atomic E-state index is 0.998. The summed E-state index contributed by atoms with van der Waals surface area (Å²) in [7, 11) is 0. The molecule has 0 saturated carbocycles. The van der Waals surface area contributed by atoms with E-state index in [4.69, 9.17) is 0 Å². The first-order chi connectivity index (χ1) is 6.92. The maximum atomic E-state index is 4.25. The first-order valence-corrected chi connectivity index (χ1v) is 4.76. The molecule has 2 rings (SSSR count). The largest absolute Gasteiger partial charge is 0.245 e. The molecule has 2 nitrogen and oxygen atoms in total. The Hall–Kier alpha value is -1.70. The third kappa shape index (κ3) is 1.64. The smallest absolute Gasteiger partial charge is 0.116 e. The van der Waals surface area contributed by atoms with Crippen molar-refractivity contribution in [3.8, 4) is 11.3 Å². The molecule has 0 amide bonds. The van der Waals surface area contributed by atoms with E-state index in [2.05, 4.69) is 35.1 Å². The summed E-state index contributed by atoms with van der Waals surface area (Å²) in [5.41, 5.74) is 3.53. The van der Waals surface area contributed by atoms with Crippen LogP contribution < -0.4 is 0 Å². The van der Waals surface area contributed by atoms with Crippen LogP contribution in [0.1, 0.15) is 12.5 Å². The number of hydrogen-bond donors (Lipinski definition) is 0. The van der Waals surface area contributed by atoms with Gasteiger partial charge in [-0.1, -0.05) is 31.2 Å². The third-order valence-electron chi connectivity index (χ3n) is 2.26. The van der Waals surface area contributed by atoms with Gasteiger partial charge in [0.2, 0.25) is 0 Å². The Morgan fingerprint density at radius 3 is 2.71 bits per heavy atom. The molecule has 1 aromatic heterocycles. The lowest BCUT2D eigenvalue weighted by molar-refractivity contribution is 1.12. The van der Waals surface area contributed by atoms with Crippen LogP contribution in [-0.4, -0.2) is 9.97 Å². The summed E-state index contributed by atoms with van der Waals surface area (Å²) in [6.07, 6.45) is 4.39. The van der Waals surface area contributed by atoms with E-state index in [1.54, 1.807) is 12.5 Å². The lowest BCUT2D eigenvalue weighted by atomic mass is 10.0. The molecule has 0 saturated heterocycles. The molecule has 0 unspecified atom stereocenters. The minimum Gasteiger partial charge on any atom is -0.245 e. The van der Waals surface area contributed by atoms with Gasteiger partial charge in [-0.3, -0.25) is 0 Å². The maximum absolute atomic E-state index is 4.25. The number of rotatable bonds is 2. The fourth-order valence-electron chi connectivity index (χ4n) is 1.53. The van der Waals surface area contributed by atoms with E-state index in [-0.39, 0.29) is 0 Å². The highest BCUT2D eigenvalue weighted by atomic mass is 14.8. The molecule has 0 aliphatic carbocycles. The van der Waals surface area contributed by atoms with E-state index in [1.807, 2.05) is 12.1 Å². The second-order valence-electron chi connectivity index (χ2n) is 3.11. The van der Waals surface area contributed by atoms with Crippen LogP contribution in [0.4, 0.5) is 0 Å².